The maximum Gasteiger partial charge on any atom is 0.328 e. The molecule has 2 bridgehead atoms. The van der Waals surface area contributed by atoms with Crippen molar-refractivity contribution in [2.45, 2.75) is 158 Å². The number of guanidine groups is 1. The summed E-state index contributed by atoms with van der Waals surface area (Å²) in [6.45, 7) is 2.77. The number of aromatic nitrogens is 1. The third-order valence-corrected chi connectivity index (χ3v) is 18.0. The SMILES string of the molecule is CC(=O)N[C@H]1CCC(=O)NCC(=O)NCC[C@H]2NC(=O)[C@H](CC(=O)NC[C@@H](C(=O)O)NC(=O)[C@@H]3CCCN3C(=O)[C@H](CCCNC(=N)N)NC(=O)[C@H](CC(C)C)NC(=O)[C@@H](Cc3ccc4ccccc4c3)NC2=O)NC(=O)[C@@H](Cc2c[nH]c3ccccc23)NC(=O)[C@@H](Cc2ccc(Cl)cc2)NC1=O. The number of carboxylic acid groups (broad SMARTS) is 1. The summed E-state index contributed by atoms with van der Waals surface area (Å²) in [6.07, 6.45) is -1.30. The Bertz CT molecular complexity index is 4000. The van der Waals surface area contributed by atoms with E-state index in [2.05, 4.69) is 74.1 Å². The molecule has 13 amide bonds. The minimum absolute atomic E-state index is 0.0141. The van der Waals surface area contributed by atoms with Gasteiger partial charge in [0.25, 0.3) is 0 Å². The van der Waals surface area contributed by atoms with Gasteiger partial charge < -0.3 is 89.8 Å². The van der Waals surface area contributed by atoms with Gasteiger partial charge in [-0.25, -0.2) is 4.79 Å². The Hall–Kier alpha value is -11.2. The number of rotatable bonds is 14. The Kier molecular flexibility index (Phi) is 27.8. The number of nitrogens with two attached hydrogens (primary N) is 1. The third kappa shape index (κ3) is 22.9. The van der Waals surface area contributed by atoms with Crippen molar-refractivity contribution in [1.82, 2.24) is 79.0 Å². The standard InChI is InChI=1S/C70H88ClN17O15/c1-37(2)28-50-62(95)81-49(14-8-25-75-70(72)73)68(101)88-27-9-15-56(88)67(100)87-55(69(102)103)35-77-58(91)33-54-66(99)80-48(61(94)84-52(64(97)82-50)31-40-16-19-41-10-4-5-11-42(41)29-40)24-26-74-59(92)36-78-57(90)23-22-47(79-38(3)89)60(93)83-51(30-39-17-20-44(71)21-18-39)63(96)85-53(65(98)86-54)32-43-34-76-46-13-7-6-12-45(43)46/h4-7,10-13,16-21,29,34,37,47-56,76H,8-9,14-15,22-28,30-33,35-36H2,1-3H3,(H,74,92)(H,77,91)(H,78,90)(H,79,89)(H,80,99)(H,81,95)(H,82,97)(H,83,93)(H,84,94)(H,85,96)(H,86,98)(H,87,100)(H,102,103)(H4,72,73,75)/t47-,48+,49-,50-,51+,52+,53+,54-,55-,56-/m0/s1. The molecule has 0 spiro atoms. The van der Waals surface area contributed by atoms with Crippen LogP contribution in [0.4, 0.5) is 0 Å². The van der Waals surface area contributed by atoms with Crippen molar-refractivity contribution in [1.29, 1.82) is 5.41 Å². The largest absolute Gasteiger partial charge is 0.480 e. The molecule has 103 heavy (non-hydrogen) atoms. The summed E-state index contributed by atoms with van der Waals surface area (Å²) < 4.78 is 0. The van der Waals surface area contributed by atoms with E-state index in [0.717, 1.165) is 17.7 Å². The molecule has 0 saturated carbocycles. The lowest BCUT2D eigenvalue weighted by atomic mass is 9.98. The number of aliphatic carboxylic acids is 1. The van der Waals surface area contributed by atoms with Crippen LogP contribution in [0.3, 0.4) is 0 Å². The predicted molar refractivity (Wildman–Crippen MR) is 376 cm³/mol. The van der Waals surface area contributed by atoms with E-state index >= 15 is 24.0 Å². The number of benzene rings is 4. The summed E-state index contributed by atoms with van der Waals surface area (Å²) in [7, 11) is 0. The van der Waals surface area contributed by atoms with Crippen LogP contribution in [0.15, 0.2) is 97.2 Å². The Morgan fingerprint density at radius 2 is 1.24 bits per heavy atom. The van der Waals surface area contributed by atoms with Crippen LogP contribution >= 0.6 is 11.6 Å². The molecule has 3 fully saturated rings. The molecule has 0 unspecified atom stereocenters. The fraction of sp³-hybridized carbons (Fsp3) is 0.443. The lowest BCUT2D eigenvalue weighted by Gasteiger charge is -2.31. The molecule has 33 heteroatoms. The number of carbonyl (C=O) groups excluding carboxylic acids is 13. The number of nitrogens with zero attached hydrogens (tertiary/aromatic N) is 1. The van der Waals surface area contributed by atoms with Crippen LogP contribution < -0.4 is 74.9 Å². The van der Waals surface area contributed by atoms with Crippen molar-refractivity contribution in [3.8, 4) is 0 Å². The second kappa shape index (κ2) is 36.9. The van der Waals surface area contributed by atoms with Crippen molar-refractivity contribution >= 4 is 122 Å². The Balaban J connectivity index is 1.23. The number of amides is 13. The van der Waals surface area contributed by atoms with Crippen molar-refractivity contribution in [3.63, 3.8) is 0 Å². The molecule has 4 aromatic carbocycles. The number of para-hydroxylation sites is 1. The highest BCUT2D eigenvalue weighted by atomic mass is 35.5. The lowest BCUT2D eigenvalue weighted by molar-refractivity contribution is -0.145. The minimum Gasteiger partial charge on any atom is -0.480 e. The van der Waals surface area contributed by atoms with Crippen LogP contribution in [0.1, 0.15) is 95.2 Å². The van der Waals surface area contributed by atoms with Crippen LogP contribution in [-0.4, -0.2) is 197 Å². The number of carbonyl (C=O) groups is 14. The molecule has 0 radical (unpaired) electrons. The van der Waals surface area contributed by atoms with Gasteiger partial charge in [-0.3, -0.25) is 67.7 Å². The molecule has 3 saturated heterocycles. The average molecular weight is 1440 g/mol. The van der Waals surface area contributed by atoms with Gasteiger partial charge in [0, 0.05) is 80.9 Å². The number of hydrogen-bond donors (Lipinski definition) is 17. The van der Waals surface area contributed by atoms with E-state index in [-0.39, 0.29) is 82.8 Å². The fourth-order valence-corrected chi connectivity index (χ4v) is 12.5. The summed E-state index contributed by atoms with van der Waals surface area (Å²) in [5.41, 5.74) is 7.57. The fourth-order valence-electron chi connectivity index (χ4n) is 12.4. The van der Waals surface area contributed by atoms with E-state index in [1.165, 1.54) is 17.0 Å². The monoisotopic (exact) mass is 1440 g/mol. The number of fused-ring (bicyclic) bond motifs is 6. The zero-order chi connectivity index (χ0) is 74.4. The second-order valence-corrected chi connectivity index (χ2v) is 26.6. The van der Waals surface area contributed by atoms with E-state index in [9.17, 15) is 48.3 Å². The molecule has 3 aliphatic heterocycles. The number of H-pyrrole nitrogens is 1. The highest BCUT2D eigenvalue weighted by Gasteiger charge is 2.41. The summed E-state index contributed by atoms with van der Waals surface area (Å²) in [5.74, 6) is -14.5. The maximum atomic E-state index is 15.4. The van der Waals surface area contributed by atoms with Gasteiger partial charge in [0.05, 0.1) is 13.0 Å². The normalized spacial score (nSPS) is 24.0. The Labute approximate surface area is 597 Å². The molecule has 8 rings (SSSR count). The zero-order valence-electron chi connectivity index (χ0n) is 57.2. The molecular weight excluding hydrogens is 1350 g/mol. The van der Waals surface area contributed by atoms with Crippen LogP contribution in [-0.2, 0) is 86.4 Å². The molecule has 18 N–H and O–H groups in total. The van der Waals surface area contributed by atoms with Gasteiger partial charge in [0.1, 0.15) is 60.4 Å². The molecule has 5 aromatic rings. The van der Waals surface area contributed by atoms with Gasteiger partial charge in [-0.2, -0.15) is 0 Å². The molecule has 4 heterocycles. The minimum atomic E-state index is -2.06. The van der Waals surface area contributed by atoms with E-state index in [1.54, 1.807) is 80.7 Å². The molecule has 10 atom stereocenters. The quantitative estimate of drug-likeness (QED) is 0.0349. The summed E-state index contributed by atoms with van der Waals surface area (Å²) >= 11 is 6.23. The Morgan fingerprint density at radius 3 is 1.95 bits per heavy atom. The van der Waals surface area contributed by atoms with Crippen molar-refractivity contribution in [3.05, 3.63) is 119 Å². The van der Waals surface area contributed by atoms with Gasteiger partial charge >= 0.3 is 5.97 Å². The van der Waals surface area contributed by atoms with Crippen LogP contribution in [0.5, 0.6) is 0 Å². The Morgan fingerprint density at radius 1 is 0.631 bits per heavy atom. The number of hydrogen-bond acceptors (Lipinski definition) is 15. The average Bonchev–Trinajstić information content (AvgIpc) is 1.40. The highest BCUT2D eigenvalue weighted by Crippen LogP contribution is 2.24. The highest BCUT2D eigenvalue weighted by molar-refractivity contribution is 6.30. The first-order valence-corrected chi connectivity index (χ1v) is 34.4. The predicted octanol–water partition coefficient (Wildman–Crippen LogP) is -1.29. The van der Waals surface area contributed by atoms with Crippen molar-refractivity contribution < 1.29 is 72.2 Å². The topological polar surface area (TPSA) is 484 Å². The van der Waals surface area contributed by atoms with E-state index in [4.69, 9.17) is 22.7 Å². The second-order valence-electron chi connectivity index (χ2n) is 26.1. The van der Waals surface area contributed by atoms with Crippen LogP contribution in [0, 0.1) is 11.3 Å². The van der Waals surface area contributed by atoms with Crippen molar-refractivity contribution in [2.75, 3.05) is 32.7 Å². The van der Waals surface area contributed by atoms with Crippen LogP contribution in [0.2, 0.25) is 5.02 Å². The first-order valence-electron chi connectivity index (χ1n) is 34.1. The van der Waals surface area contributed by atoms with Gasteiger partial charge in [-0.15, -0.1) is 0 Å². The van der Waals surface area contributed by atoms with Crippen molar-refractivity contribution in [2.24, 2.45) is 11.7 Å². The lowest BCUT2D eigenvalue weighted by Crippen LogP contribution is -2.61. The van der Waals surface area contributed by atoms with E-state index in [1.807, 2.05) is 18.2 Å². The number of carboxylic acids is 1. The third-order valence-electron chi connectivity index (χ3n) is 17.7. The molecule has 3 aliphatic rings. The summed E-state index contributed by atoms with van der Waals surface area (Å²) in [5, 5.41) is 54.4. The molecule has 1 aromatic heterocycles. The summed E-state index contributed by atoms with van der Waals surface area (Å²) in [4.78, 5) is 206. The molecule has 550 valence electrons. The molecular formula is C70H88ClN17O15. The van der Waals surface area contributed by atoms with E-state index in [0.29, 0.717) is 32.6 Å². The number of aromatic amines is 1. The first kappa shape index (κ1) is 77.6. The summed E-state index contributed by atoms with van der Waals surface area (Å²) in [6, 6.07) is 9.60. The van der Waals surface area contributed by atoms with E-state index < -0.39 is 182 Å². The number of nitrogens with one attached hydrogen (secondary N) is 15. The number of halogens is 1. The molecule has 0 aliphatic carbocycles. The van der Waals surface area contributed by atoms with Gasteiger partial charge in [-0.1, -0.05) is 98.2 Å². The molecule has 32 nitrogen and oxygen atoms in total. The smallest absolute Gasteiger partial charge is 0.328 e. The van der Waals surface area contributed by atoms with Crippen LogP contribution in [0.25, 0.3) is 21.7 Å². The maximum absolute atomic E-state index is 15.4. The zero-order valence-corrected chi connectivity index (χ0v) is 57.9. The van der Waals surface area contributed by atoms with Gasteiger partial charge in [0.2, 0.25) is 76.8 Å². The van der Waals surface area contributed by atoms with Gasteiger partial charge in [-0.05, 0) is 96.5 Å². The first-order chi connectivity index (χ1) is 49.2. The van der Waals surface area contributed by atoms with Gasteiger partial charge in [0.15, 0.2) is 5.96 Å².